The van der Waals surface area contributed by atoms with Crippen LogP contribution >= 0.6 is 0 Å². The first-order valence-corrected chi connectivity index (χ1v) is 9.81. The lowest BCUT2D eigenvalue weighted by molar-refractivity contribution is -0.147. The number of carbonyl (C=O) groups excluding carboxylic acids is 2. The van der Waals surface area contributed by atoms with Gasteiger partial charge in [-0.2, -0.15) is 0 Å². The lowest BCUT2D eigenvalue weighted by Gasteiger charge is -2.24. The Kier molecular flexibility index (Phi) is 7.45. The normalized spacial score (nSPS) is 12.9. The van der Waals surface area contributed by atoms with Crippen LogP contribution in [0.4, 0.5) is 0 Å². The summed E-state index contributed by atoms with van der Waals surface area (Å²) in [7, 11) is 1.55. The molecule has 0 aliphatic rings. The highest BCUT2D eigenvalue weighted by Gasteiger charge is 2.32. The maximum absolute atomic E-state index is 12.5. The molecule has 30 heavy (non-hydrogen) atoms. The second-order valence-corrected chi connectivity index (χ2v) is 6.80. The van der Waals surface area contributed by atoms with Crippen LogP contribution in [-0.4, -0.2) is 43.7 Å². The maximum atomic E-state index is 12.5. The van der Waals surface area contributed by atoms with E-state index in [4.69, 9.17) is 14.2 Å². The summed E-state index contributed by atoms with van der Waals surface area (Å²) in [6, 6.07) is 14.8. The topological polar surface area (TPSA) is 89.6 Å². The number of hydrogen-bond acceptors (Lipinski definition) is 5. The minimum absolute atomic E-state index is 0.223. The van der Waals surface area contributed by atoms with Gasteiger partial charge in [0, 0.05) is 30.1 Å². The molecule has 0 spiro atoms. The van der Waals surface area contributed by atoms with Crippen molar-refractivity contribution in [3.05, 3.63) is 65.9 Å². The molecule has 3 aromatic rings. The third-order valence-corrected chi connectivity index (χ3v) is 4.87. The van der Waals surface area contributed by atoms with E-state index in [0.717, 1.165) is 22.0 Å². The number of fused-ring (bicyclic) bond motifs is 1. The highest BCUT2D eigenvalue weighted by Crippen LogP contribution is 2.31. The van der Waals surface area contributed by atoms with Crippen molar-refractivity contribution in [3.8, 4) is 5.75 Å². The predicted octanol–water partition coefficient (Wildman–Crippen LogP) is 3.15. The van der Waals surface area contributed by atoms with Crippen molar-refractivity contribution >= 4 is 23.3 Å². The van der Waals surface area contributed by atoms with E-state index in [9.17, 15) is 9.59 Å². The first kappa shape index (κ1) is 21.4. The molecule has 0 aliphatic heterocycles. The number of rotatable bonds is 11. The number of aromatic nitrogens is 1. The van der Waals surface area contributed by atoms with Crippen LogP contribution in [-0.2, 0) is 25.7 Å². The molecule has 7 heteroatoms. The predicted molar refractivity (Wildman–Crippen MR) is 113 cm³/mol. The summed E-state index contributed by atoms with van der Waals surface area (Å²) < 4.78 is 16.5. The number of carbonyl (C=O) groups is 2. The zero-order valence-corrected chi connectivity index (χ0v) is 17.1. The molecular weight excluding hydrogens is 384 g/mol. The molecule has 0 saturated carbocycles. The van der Waals surface area contributed by atoms with Gasteiger partial charge in [0.05, 0.1) is 13.2 Å². The zero-order valence-electron chi connectivity index (χ0n) is 17.1. The first-order valence-electron chi connectivity index (χ1n) is 9.81. The molecule has 2 aromatic carbocycles. The van der Waals surface area contributed by atoms with Gasteiger partial charge >= 0.3 is 5.97 Å². The quantitative estimate of drug-likeness (QED) is 0.374. The molecule has 2 unspecified atom stereocenters. The van der Waals surface area contributed by atoms with Crippen LogP contribution in [0.1, 0.15) is 24.0 Å². The van der Waals surface area contributed by atoms with Crippen LogP contribution in [0, 0.1) is 0 Å². The molecule has 0 aliphatic carbocycles. The number of hydrogen-bond donors (Lipinski definition) is 2. The zero-order chi connectivity index (χ0) is 21.3. The van der Waals surface area contributed by atoms with Crippen molar-refractivity contribution in [2.24, 2.45) is 0 Å². The molecule has 2 atom stereocenters. The van der Waals surface area contributed by atoms with Crippen molar-refractivity contribution in [1.29, 1.82) is 0 Å². The van der Waals surface area contributed by atoms with Gasteiger partial charge in [-0.15, -0.1) is 0 Å². The Hall–Kier alpha value is -3.32. The average Bonchev–Trinajstić information content (AvgIpc) is 3.18. The third kappa shape index (κ3) is 4.99. The molecule has 0 bridgehead atoms. The number of ether oxygens (including phenoxy) is 3. The SMILES string of the molecule is CCOC(=O)C(NC=O)C(COC)c1c[nH]c2ccc(OCc3ccccc3)cc12. The van der Waals surface area contributed by atoms with Crippen molar-refractivity contribution in [3.63, 3.8) is 0 Å². The fourth-order valence-corrected chi connectivity index (χ4v) is 3.46. The molecule has 1 heterocycles. The van der Waals surface area contributed by atoms with E-state index in [1.165, 1.54) is 0 Å². The van der Waals surface area contributed by atoms with E-state index >= 15 is 0 Å². The van der Waals surface area contributed by atoms with E-state index in [1.54, 1.807) is 14.0 Å². The number of methoxy groups -OCH3 is 1. The Balaban J connectivity index is 1.91. The molecule has 7 nitrogen and oxygen atoms in total. The molecule has 158 valence electrons. The summed E-state index contributed by atoms with van der Waals surface area (Å²) in [4.78, 5) is 26.8. The smallest absolute Gasteiger partial charge is 0.329 e. The Morgan fingerprint density at radius 1 is 1.20 bits per heavy atom. The van der Waals surface area contributed by atoms with E-state index < -0.39 is 17.9 Å². The average molecular weight is 410 g/mol. The molecule has 0 saturated heterocycles. The third-order valence-electron chi connectivity index (χ3n) is 4.87. The van der Waals surface area contributed by atoms with Crippen LogP contribution in [0.2, 0.25) is 0 Å². The summed E-state index contributed by atoms with van der Waals surface area (Å²) in [6.07, 6.45) is 2.33. The van der Waals surface area contributed by atoms with Gasteiger partial charge in [-0.05, 0) is 36.2 Å². The fourth-order valence-electron chi connectivity index (χ4n) is 3.46. The van der Waals surface area contributed by atoms with Gasteiger partial charge in [0.25, 0.3) is 0 Å². The van der Waals surface area contributed by atoms with Crippen LogP contribution in [0.5, 0.6) is 5.75 Å². The minimum atomic E-state index is -0.865. The summed E-state index contributed by atoms with van der Waals surface area (Å²) in [5.74, 6) is -0.228. The highest BCUT2D eigenvalue weighted by molar-refractivity contribution is 5.87. The minimum Gasteiger partial charge on any atom is -0.489 e. The number of aromatic amines is 1. The van der Waals surface area contributed by atoms with Gasteiger partial charge in [-0.25, -0.2) is 4.79 Å². The largest absolute Gasteiger partial charge is 0.489 e. The van der Waals surface area contributed by atoms with Gasteiger partial charge in [-0.3, -0.25) is 4.79 Å². The van der Waals surface area contributed by atoms with Crippen LogP contribution in [0.15, 0.2) is 54.7 Å². The van der Waals surface area contributed by atoms with Gasteiger partial charge in [0.2, 0.25) is 6.41 Å². The second-order valence-electron chi connectivity index (χ2n) is 6.80. The van der Waals surface area contributed by atoms with E-state index in [1.807, 2.05) is 54.7 Å². The van der Waals surface area contributed by atoms with Gasteiger partial charge in [0.1, 0.15) is 18.4 Å². The van der Waals surface area contributed by atoms with Gasteiger partial charge in [0.15, 0.2) is 0 Å². The van der Waals surface area contributed by atoms with Crippen LogP contribution in [0.3, 0.4) is 0 Å². The van der Waals surface area contributed by atoms with Crippen molar-refractivity contribution in [1.82, 2.24) is 10.3 Å². The van der Waals surface area contributed by atoms with Crippen LogP contribution in [0.25, 0.3) is 10.9 Å². The molecule has 0 radical (unpaired) electrons. The molecule has 2 N–H and O–H groups in total. The number of amides is 1. The van der Waals surface area contributed by atoms with Gasteiger partial charge < -0.3 is 24.5 Å². The molecular formula is C23H26N2O5. The Bertz CT molecular complexity index is 970. The molecule has 0 fully saturated rings. The number of benzene rings is 2. The van der Waals surface area contributed by atoms with Crippen molar-refractivity contribution in [2.75, 3.05) is 20.3 Å². The summed E-state index contributed by atoms with van der Waals surface area (Å²) in [5, 5.41) is 3.48. The fraction of sp³-hybridized carbons (Fsp3) is 0.304. The lowest BCUT2D eigenvalue weighted by atomic mass is 9.91. The van der Waals surface area contributed by atoms with E-state index in [-0.39, 0.29) is 13.2 Å². The summed E-state index contributed by atoms with van der Waals surface area (Å²) >= 11 is 0. The van der Waals surface area contributed by atoms with Crippen molar-refractivity contribution in [2.45, 2.75) is 25.5 Å². The highest BCUT2D eigenvalue weighted by atomic mass is 16.5. The summed E-state index contributed by atoms with van der Waals surface area (Å²) in [6.45, 7) is 2.63. The summed E-state index contributed by atoms with van der Waals surface area (Å²) in [5.41, 5.74) is 2.80. The Labute approximate surface area is 175 Å². The maximum Gasteiger partial charge on any atom is 0.329 e. The lowest BCUT2D eigenvalue weighted by Crippen LogP contribution is -2.43. The molecule has 3 rings (SSSR count). The number of H-pyrrole nitrogens is 1. The standard InChI is InChI=1S/C23H26N2O5/c1-3-29-23(27)22(25-15-26)20(14-28-2)19-12-24-21-10-9-17(11-18(19)21)30-13-16-7-5-4-6-8-16/h4-12,15,20,22,24H,3,13-14H2,1-2H3,(H,25,26). The second kappa shape index (κ2) is 10.5. The van der Waals surface area contributed by atoms with E-state index in [2.05, 4.69) is 10.3 Å². The van der Waals surface area contributed by atoms with Gasteiger partial charge in [-0.1, -0.05) is 30.3 Å². The number of esters is 1. The van der Waals surface area contributed by atoms with Crippen molar-refractivity contribution < 1.29 is 23.8 Å². The molecule has 1 aromatic heterocycles. The monoisotopic (exact) mass is 410 g/mol. The number of nitrogens with one attached hydrogen (secondary N) is 2. The van der Waals surface area contributed by atoms with E-state index in [0.29, 0.717) is 18.8 Å². The molecule has 1 amide bonds. The first-order chi connectivity index (χ1) is 14.7. The Morgan fingerprint density at radius 3 is 2.70 bits per heavy atom. The Morgan fingerprint density at radius 2 is 2.00 bits per heavy atom. The van der Waals surface area contributed by atoms with Crippen LogP contribution < -0.4 is 10.1 Å².